The van der Waals surface area contributed by atoms with Crippen molar-refractivity contribution in [2.75, 3.05) is 477 Å². The third kappa shape index (κ3) is 104. The molecule has 16 fully saturated rings. The van der Waals surface area contributed by atoms with Crippen molar-refractivity contribution in [1.82, 2.24) is 130 Å². The van der Waals surface area contributed by atoms with Gasteiger partial charge in [-0.3, -0.25) is 4.90 Å². The molecule has 0 spiro atoms. The number of ether oxygens (including phenoxy) is 3. The zero-order valence-electron chi connectivity index (χ0n) is 103. The minimum absolute atomic E-state index is 0.0220. The summed E-state index contributed by atoms with van der Waals surface area (Å²) >= 11 is 0. The number of nitrogens with one attached hydrogen (secondary N) is 6. The number of methoxy groups -OCH3 is 1. The van der Waals surface area contributed by atoms with E-state index in [1.54, 1.807) is 4.90 Å². The maximum atomic E-state index is 12.4. The highest BCUT2D eigenvalue weighted by molar-refractivity contribution is 5.68. The summed E-state index contributed by atoms with van der Waals surface area (Å²) in [6, 6.07) is 2.93. The number of rotatable bonds is 10. The Bertz CT molecular complexity index is 2650. The molecule has 35 nitrogen and oxygen atoms in total. The Balaban J connectivity index is -0.000000742. The number of alkyl halides is 1. The summed E-state index contributed by atoms with van der Waals surface area (Å²) in [6.07, 6.45) is 25.1. The van der Waals surface area contributed by atoms with Crippen LogP contribution in [0.4, 0.5) is 14.0 Å². The molecular weight excluding hydrogens is 1870 g/mol. The van der Waals surface area contributed by atoms with Gasteiger partial charge in [0.05, 0.1) is 32.5 Å². The first kappa shape index (κ1) is 151. The molecule has 2 amide bonds. The number of morpholine rings is 1. The van der Waals surface area contributed by atoms with E-state index in [0.717, 1.165) is 195 Å². The van der Waals surface area contributed by atoms with Gasteiger partial charge >= 0.3 is 12.2 Å². The lowest BCUT2D eigenvalue weighted by Crippen LogP contribution is -2.58. The van der Waals surface area contributed by atoms with Gasteiger partial charge in [-0.2, -0.15) is 0 Å². The number of nitrogens with two attached hydrogens (primary N) is 2. The van der Waals surface area contributed by atoms with Crippen molar-refractivity contribution in [1.29, 1.82) is 0 Å². The summed E-state index contributed by atoms with van der Waals surface area (Å²) in [5.41, 5.74) is 10.7. The average Bonchev–Trinajstić information content (AvgIpc) is 1.25. The fourth-order valence-electron chi connectivity index (χ4n) is 16.4. The van der Waals surface area contributed by atoms with Gasteiger partial charge in [0.2, 0.25) is 0 Å². The van der Waals surface area contributed by atoms with E-state index >= 15 is 0 Å². The van der Waals surface area contributed by atoms with Crippen molar-refractivity contribution in [2.24, 2.45) is 23.3 Å². The first-order valence-corrected chi connectivity index (χ1v) is 57.5. The standard InChI is InChI=1S/C9H18N2O2.C7H14N2O2.2C7H16N2.C7H15NO.C7H13N.C6H12FN.2C6H14N2.C6H13NO.C6H13N.2C5H12N2.C5H11NO.C5H11N.C5H13N.2C4H9N.C3H9N.C2H7N/c1-9(2,3)13-8(12)10-7-5-11(4)6-7;1-8-3-5-9(6-4-8)7(10)11-2;1-6-4-9(3)5-7(2)8-6;1-9-4-2-7(6-8)3-5-9;1-8-4-2-7(6-9)3-5-8;1-4-6-8(3)7-5-2;1-8-4-2-3-6(7)5-8;1-7-3-5-8(2)6-4-7;1-8-5-2-3-7-4-6-8;1-7-4-2-6(8)3-5-7;1-7-5-3-2-4-6-7;1-7-4-2-6-3-5-7;1-7-3-2-5(6)4-7;1-6-2-4-7-5-3-6;1-6-4-2-3-5-6;1-4-6(3)5-2;1-5-3-2-4-5;1-5-4-2-3-4;1-4(2)3;1-3-2/h7H,5-6H2,1-4H3,(H,10,12);3-6H2,1-2H3;6-8H,4-5H2,1-3H3;7H,2-6,8H2,1H3;7,9H,2-6H2,1H3;4-5H,1-2,6-7H2,3H3;6H,2-5H2,1H3;3-6H2,1-2H3;7H,2-6H2,1H3;6,8H,2-5H2,1H3;2-6H2,1H3;6H,2-5H2,1H3;5H,2-4,6H2,1H3;2-5H2,1H3;2-5H2,1H3;4-5H2,1-3H3;2-4H2,1H3;4-5H,2-3H2,1H3;1-3H3;3H,1-2H3. The second kappa shape index (κ2) is 101. The Morgan fingerprint density at radius 3 is 1.05 bits per heavy atom. The lowest BCUT2D eigenvalue weighted by Gasteiger charge is -2.36. The van der Waals surface area contributed by atoms with Gasteiger partial charge in [0.1, 0.15) is 11.8 Å². The van der Waals surface area contributed by atoms with E-state index in [-0.39, 0.29) is 24.3 Å². The van der Waals surface area contributed by atoms with Gasteiger partial charge in [-0.1, -0.05) is 32.4 Å². The molecule has 4 atom stereocenters. The number of nitrogens with zero attached hydrogens (tertiary/aromatic N) is 20. The number of likely N-dealkylation sites (tertiary alicyclic amines) is 9. The number of aliphatic hydroxyl groups excluding tert-OH is 2. The highest BCUT2D eigenvalue weighted by atomic mass is 19.1. The normalized spacial score (nSPS) is 23.7. The number of halogens is 1. The van der Waals surface area contributed by atoms with Crippen LogP contribution in [0.2, 0.25) is 0 Å². The van der Waals surface area contributed by atoms with Crippen molar-refractivity contribution in [3.05, 3.63) is 25.3 Å². The number of piperidine rings is 5. The molecule has 15 saturated heterocycles. The number of aliphatic hydroxyl groups is 2. The van der Waals surface area contributed by atoms with E-state index in [9.17, 15) is 14.0 Å². The predicted octanol–water partition coefficient (Wildman–Crippen LogP) is 6.51. The lowest BCUT2D eigenvalue weighted by molar-refractivity contribution is 0.0428. The molecule has 1 saturated carbocycles. The summed E-state index contributed by atoms with van der Waals surface area (Å²) in [5.74, 6) is 1.39. The van der Waals surface area contributed by atoms with Crippen LogP contribution in [0.15, 0.2) is 25.3 Å². The quantitative estimate of drug-likeness (QED) is 0.104. The van der Waals surface area contributed by atoms with Crippen molar-refractivity contribution in [3.8, 4) is 0 Å². The van der Waals surface area contributed by atoms with E-state index in [2.05, 4.69) is 267 Å². The summed E-state index contributed by atoms with van der Waals surface area (Å²) in [6.45, 7) is 72.0. The molecule has 1 aliphatic carbocycles. The minimum Gasteiger partial charge on any atom is -0.453 e. The molecule has 16 aliphatic rings. The largest absolute Gasteiger partial charge is 0.453 e. The van der Waals surface area contributed by atoms with Crippen LogP contribution >= 0.6 is 0 Å². The van der Waals surface area contributed by atoms with Gasteiger partial charge in [0.15, 0.2) is 0 Å². The molecule has 0 aromatic heterocycles. The number of piperazine rings is 4. The van der Waals surface area contributed by atoms with Crippen LogP contribution in [-0.4, -0.2) is 646 Å². The zero-order chi connectivity index (χ0) is 112. The summed E-state index contributed by atoms with van der Waals surface area (Å²) < 4.78 is 27.2. The van der Waals surface area contributed by atoms with Crippen molar-refractivity contribution < 1.29 is 38.4 Å². The van der Waals surface area contributed by atoms with Crippen LogP contribution in [0.3, 0.4) is 0 Å². The molecule has 36 heteroatoms. The Morgan fingerprint density at radius 2 is 0.784 bits per heavy atom. The van der Waals surface area contributed by atoms with E-state index in [1.807, 2.05) is 106 Å². The summed E-state index contributed by atoms with van der Waals surface area (Å²) in [7, 11) is 51.3. The van der Waals surface area contributed by atoms with Gasteiger partial charge in [-0.05, 0) is 436 Å². The highest BCUT2D eigenvalue weighted by Gasteiger charge is 2.28. The number of alkyl carbamates (subject to hydrolysis) is 1. The number of likely N-dealkylation sites (N-methyl/N-ethyl adjacent to an activating group) is 10. The molecule has 0 bridgehead atoms. The van der Waals surface area contributed by atoms with Crippen LogP contribution < -0.4 is 43.4 Å². The van der Waals surface area contributed by atoms with Crippen molar-refractivity contribution in [2.45, 2.75) is 212 Å². The van der Waals surface area contributed by atoms with Gasteiger partial charge in [0, 0.05) is 201 Å². The maximum absolute atomic E-state index is 12.4. The monoisotopic (exact) mass is 2120 g/mol. The molecule has 888 valence electrons. The minimum atomic E-state index is -0.561. The molecular formula is C112H251FN28O7. The fourth-order valence-corrected chi connectivity index (χ4v) is 16.4. The molecule has 4 unspecified atom stereocenters. The van der Waals surface area contributed by atoms with Crippen LogP contribution in [0.5, 0.6) is 0 Å². The molecule has 15 aliphatic heterocycles. The van der Waals surface area contributed by atoms with Crippen LogP contribution in [-0.2, 0) is 14.2 Å². The number of amides is 2. The smallest absolute Gasteiger partial charge is 0.409 e. The predicted molar refractivity (Wildman–Crippen MR) is 635 cm³/mol. The Labute approximate surface area is 913 Å². The second-order valence-electron chi connectivity index (χ2n) is 45.5. The number of carbonyl (C=O) groups is 2. The Morgan fingerprint density at radius 1 is 0.432 bits per heavy atom. The molecule has 148 heavy (non-hydrogen) atoms. The molecule has 12 N–H and O–H groups in total. The van der Waals surface area contributed by atoms with Gasteiger partial charge in [0.25, 0.3) is 0 Å². The zero-order valence-corrected chi connectivity index (χ0v) is 103. The molecule has 0 radical (unpaired) electrons. The van der Waals surface area contributed by atoms with E-state index in [4.69, 9.17) is 31.2 Å². The molecule has 15 heterocycles. The van der Waals surface area contributed by atoms with Gasteiger partial charge in [-0.15, -0.1) is 13.2 Å². The average molecular weight is 2120 g/mol. The number of carbonyl (C=O) groups excluding carboxylic acids is 2. The Hall–Kier alpha value is -3.21. The highest BCUT2D eigenvalue weighted by Crippen LogP contribution is 2.19. The van der Waals surface area contributed by atoms with Gasteiger partial charge < -0.3 is 161 Å². The third-order valence-corrected chi connectivity index (χ3v) is 27.2. The number of hydrogen-bond acceptors (Lipinski definition) is 33. The third-order valence-electron chi connectivity index (χ3n) is 27.2. The van der Waals surface area contributed by atoms with E-state index < -0.39 is 11.8 Å². The first-order valence-electron chi connectivity index (χ1n) is 57.5. The Kier molecular flexibility index (Phi) is 103. The van der Waals surface area contributed by atoms with Crippen LogP contribution in [0.25, 0.3) is 0 Å². The molecule has 0 aromatic rings. The van der Waals surface area contributed by atoms with Crippen molar-refractivity contribution in [3.63, 3.8) is 0 Å². The van der Waals surface area contributed by atoms with E-state index in [1.165, 1.54) is 228 Å². The van der Waals surface area contributed by atoms with Crippen molar-refractivity contribution >= 4 is 12.2 Å². The molecule has 16 rings (SSSR count). The fraction of sp³-hybridized carbons (Fsp3) is 0.946. The lowest BCUT2D eigenvalue weighted by atomic mass is 9.98. The maximum Gasteiger partial charge on any atom is 0.409 e. The van der Waals surface area contributed by atoms with Crippen LogP contribution in [0.1, 0.15) is 164 Å². The molecule has 0 aromatic carbocycles. The first-order chi connectivity index (χ1) is 70.1. The number of hydrogen-bond donors (Lipinski definition) is 10. The van der Waals surface area contributed by atoms with Gasteiger partial charge in [-0.25, -0.2) is 14.0 Å². The SMILES string of the molecule is C=CCN(C)CC=C.CC1CN(C)CC(C)N1.CCN(C)CC.CN(C)C.CN1CC(NC(=O)OC(C)(C)C)C1.CN1CCC(CN)CC1.CN1CCC(CO)CC1.CN1CCC(N)C1.CN1CCC(O)CC1.CN1CCC1.CN1CCCC(F)C1.CN1CCCC1.CN1CCCCC1.CN1CCCNCC1.CN1CCN(C)CC1.CN1CCNCC1.CN1CCOCC1.CNC.CNC1CC1.COC(=O)N1CCN(C)CC1. The second-order valence-corrected chi connectivity index (χ2v) is 45.5. The topological polar surface area (TPSA) is 291 Å². The summed E-state index contributed by atoms with van der Waals surface area (Å²) in [5, 5.41) is 36.5. The van der Waals surface area contributed by atoms with E-state index in [0.29, 0.717) is 37.2 Å². The summed E-state index contributed by atoms with van der Waals surface area (Å²) in [4.78, 5) is 66.9. The van der Waals surface area contributed by atoms with Crippen LogP contribution in [0, 0.1) is 11.8 Å².